The summed E-state index contributed by atoms with van der Waals surface area (Å²) in [6, 6.07) is 4.14. The van der Waals surface area contributed by atoms with Crippen molar-refractivity contribution < 1.29 is 0 Å². The van der Waals surface area contributed by atoms with E-state index in [1.165, 1.54) is 12.8 Å². The maximum Gasteiger partial charge on any atom is 0.150 e. The SMILES string of the molecule is Cc1ccc2c(n1)NC1(CC1)CN2. The lowest BCUT2D eigenvalue weighted by atomic mass is 10.2. The van der Waals surface area contributed by atoms with Gasteiger partial charge in [-0.3, -0.25) is 0 Å². The lowest BCUT2D eigenvalue weighted by Crippen LogP contribution is -2.35. The second-order valence-corrected chi connectivity index (χ2v) is 4.11. The van der Waals surface area contributed by atoms with E-state index >= 15 is 0 Å². The maximum atomic E-state index is 4.48. The van der Waals surface area contributed by atoms with Gasteiger partial charge in [0.2, 0.25) is 0 Å². The summed E-state index contributed by atoms with van der Waals surface area (Å²) in [5.74, 6) is 1.03. The van der Waals surface area contributed by atoms with Crippen LogP contribution in [0.1, 0.15) is 18.5 Å². The van der Waals surface area contributed by atoms with Gasteiger partial charge >= 0.3 is 0 Å². The number of pyridine rings is 1. The van der Waals surface area contributed by atoms with Crippen molar-refractivity contribution in [2.24, 2.45) is 0 Å². The van der Waals surface area contributed by atoms with Crippen LogP contribution in [-0.2, 0) is 0 Å². The highest BCUT2D eigenvalue weighted by molar-refractivity contribution is 5.69. The van der Waals surface area contributed by atoms with Crippen LogP contribution in [0.4, 0.5) is 11.5 Å². The zero-order valence-electron chi connectivity index (χ0n) is 7.72. The first kappa shape index (κ1) is 7.18. The van der Waals surface area contributed by atoms with Crippen molar-refractivity contribution in [1.29, 1.82) is 0 Å². The van der Waals surface area contributed by atoms with Crippen LogP contribution in [0.3, 0.4) is 0 Å². The van der Waals surface area contributed by atoms with Crippen molar-refractivity contribution in [2.45, 2.75) is 25.3 Å². The van der Waals surface area contributed by atoms with Crippen LogP contribution in [0.25, 0.3) is 0 Å². The fourth-order valence-corrected chi connectivity index (χ4v) is 1.81. The smallest absolute Gasteiger partial charge is 0.150 e. The normalized spacial score (nSPS) is 21.6. The molecule has 1 aromatic rings. The van der Waals surface area contributed by atoms with Crippen LogP contribution in [0.2, 0.25) is 0 Å². The highest BCUT2D eigenvalue weighted by Crippen LogP contribution is 2.43. The summed E-state index contributed by atoms with van der Waals surface area (Å²) >= 11 is 0. The Morgan fingerprint density at radius 2 is 2.23 bits per heavy atom. The molecule has 3 rings (SSSR count). The fourth-order valence-electron chi connectivity index (χ4n) is 1.81. The molecule has 2 N–H and O–H groups in total. The maximum absolute atomic E-state index is 4.48. The molecule has 0 atom stereocenters. The minimum Gasteiger partial charge on any atom is -0.380 e. The van der Waals surface area contributed by atoms with Gasteiger partial charge in [0.1, 0.15) is 5.82 Å². The highest BCUT2D eigenvalue weighted by atomic mass is 15.2. The molecule has 1 aliphatic heterocycles. The summed E-state index contributed by atoms with van der Waals surface area (Å²) in [5.41, 5.74) is 2.56. The molecule has 0 amide bonds. The number of aryl methyl sites for hydroxylation is 1. The Morgan fingerprint density at radius 1 is 1.38 bits per heavy atom. The van der Waals surface area contributed by atoms with E-state index in [0.717, 1.165) is 23.7 Å². The van der Waals surface area contributed by atoms with Crippen molar-refractivity contribution in [3.8, 4) is 0 Å². The van der Waals surface area contributed by atoms with Gasteiger partial charge in [0.05, 0.1) is 11.2 Å². The topological polar surface area (TPSA) is 37.0 Å². The van der Waals surface area contributed by atoms with E-state index < -0.39 is 0 Å². The number of rotatable bonds is 0. The van der Waals surface area contributed by atoms with Gasteiger partial charge in [0.25, 0.3) is 0 Å². The fraction of sp³-hybridized carbons (Fsp3) is 0.500. The minimum atomic E-state index is 0.341. The number of nitrogens with zero attached hydrogens (tertiary/aromatic N) is 1. The molecule has 0 radical (unpaired) electrons. The van der Waals surface area contributed by atoms with Gasteiger partial charge in [0.15, 0.2) is 0 Å². The Morgan fingerprint density at radius 3 is 3.00 bits per heavy atom. The first-order valence-electron chi connectivity index (χ1n) is 4.77. The Labute approximate surface area is 77.6 Å². The Hall–Kier alpha value is -1.25. The monoisotopic (exact) mass is 175 g/mol. The molecule has 1 spiro atoms. The van der Waals surface area contributed by atoms with Gasteiger partial charge in [-0.05, 0) is 31.9 Å². The predicted octanol–water partition coefficient (Wildman–Crippen LogP) is 1.76. The highest BCUT2D eigenvalue weighted by Gasteiger charge is 2.45. The third-order valence-electron chi connectivity index (χ3n) is 2.89. The molecule has 0 saturated heterocycles. The van der Waals surface area contributed by atoms with Crippen molar-refractivity contribution >= 4 is 11.5 Å². The summed E-state index contributed by atoms with van der Waals surface area (Å²) in [6.45, 7) is 3.07. The van der Waals surface area contributed by atoms with Gasteiger partial charge < -0.3 is 10.6 Å². The molecule has 1 aromatic heterocycles. The van der Waals surface area contributed by atoms with Crippen LogP contribution < -0.4 is 10.6 Å². The molecule has 0 unspecified atom stereocenters. The number of hydrogen-bond donors (Lipinski definition) is 2. The second kappa shape index (κ2) is 2.16. The van der Waals surface area contributed by atoms with Crippen LogP contribution in [0, 0.1) is 6.92 Å². The zero-order chi connectivity index (χ0) is 8.89. The molecule has 1 saturated carbocycles. The minimum absolute atomic E-state index is 0.341. The second-order valence-electron chi connectivity index (χ2n) is 4.11. The number of anilines is 2. The molecular weight excluding hydrogens is 162 g/mol. The summed E-state index contributed by atoms with van der Waals surface area (Å²) in [6.07, 6.45) is 2.55. The first-order valence-corrected chi connectivity index (χ1v) is 4.77. The molecule has 0 bridgehead atoms. The van der Waals surface area contributed by atoms with E-state index in [-0.39, 0.29) is 0 Å². The third kappa shape index (κ3) is 1.07. The summed E-state index contributed by atoms with van der Waals surface area (Å²) in [4.78, 5) is 4.48. The van der Waals surface area contributed by atoms with Gasteiger partial charge in [-0.15, -0.1) is 0 Å². The molecule has 13 heavy (non-hydrogen) atoms. The molecule has 0 aromatic carbocycles. The molecule has 1 fully saturated rings. The van der Waals surface area contributed by atoms with Crippen molar-refractivity contribution in [2.75, 3.05) is 17.2 Å². The summed E-state index contributed by atoms with van der Waals surface area (Å²) in [5, 5.41) is 6.93. The quantitative estimate of drug-likeness (QED) is 0.631. The van der Waals surface area contributed by atoms with Crippen LogP contribution in [0.15, 0.2) is 12.1 Å². The molecule has 3 nitrogen and oxygen atoms in total. The van der Waals surface area contributed by atoms with Crippen LogP contribution in [-0.4, -0.2) is 17.1 Å². The van der Waals surface area contributed by atoms with E-state index in [1.807, 2.05) is 13.0 Å². The molecule has 2 aliphatic rings. The van der Waals surface area contributed by atoms with E-state index in [0.29, 0.717) is 5.54 Å². The number of fused-ring (bicyclic) bond motifs is 1. The first-order chi connectivity index (χ1) is 6.27. The lowest BCUT2D eigenvalue weighted by Gasteiger charge is -2.27. The average Bonchev–Trinajstić information content (AvgIpc) is 2.84. The molecular formula is C10H13N3. The summed E-state index contributed by atoms with van der Waals surface area (Å²) in [7, 11) is 0. The lowest BCUT2D eigenvalue weighted by molar-refractivity contribution is 0.746. The molecule has 2 heterocycles. The van der Waals surface area contributed by atoms with Gasteiger partial charge in [0, 0.05) is 12.2 Å². The van der Waals surface area contributed by atoms with Crippen molar-refractivity contribution in [3.63, 3.8) is 0 Å². The Bertz CT molecular complexity index is 355. The van der Waals surface area contributed by atoms with Crippen molar-refractivity contribution in [3.05, 3.63) is 17.8 Å². The van der Waals surface area contributed by atoms with Gasteiger partial charge in [-0.1, -0.05) is 0 Å². The number of hydrogen-bond acceptors (Lipinski definition) is 3. The molecule has 1 aliphatic carbocycles. The van der Waals surface area contributed by atoms with Gasteiger partial charge in [-0.2, -0.15) is 0 Å². The zero-order valence-corrected chi connectivity index (χ0v) is 7.72. The van der Waals surface area contributed by atoms with Gasteiger partial charge in [-0.25, -0.2) is 4.98 Å². The van der Waals surface area contributed by atoms with Crippen molar-refractivity contribution in [1.82, 2.24) is 4.98 Å². The molecule has 3 heteroatoms. The molecule has 68 valence electrons. The van der Waals surface area contributed by atoms with Crippen LogP contribution in [0.5, 0.6) is 0 Å². The van der Waals surface area contributed by atoms with Crippen LogP contribution >= 0.6 is 0 Å². The number of nitrogens with one attached hydrogen (secondary N) is 2. The average molecular weight is 175 g/mol. The van der Waals surface area contributed by atoms with E-state index in [4.69, 9.17) is 0 Å². The van der Waals surface area contributed by atoms with E-state index in [1.54, 1.807) is 0 Å². The largest absolute Gasteiger partial charge is 0.380 e. The Balaban J connectivity index is 2.02. The standard InChI is InChI=1S/C10H13N3/c1-7-2-3-8-9(12-7)13-10(4-5-10)6-11-8/h2-3,11H,4-6H2,1H3,(H,12,13). The summed E-state index contributed by atoms with van der Waals surface area (Å²) < 4.78 is 0. The third-order valence-corrected chi connectivity index (χ3v) is 2.89. The predicted molar refractivity (Wildman–Crippen MR) is 53.1 cm³/mol. The van der Waals surface area contributed by atoms with E-state index in [9.17, 15) is 0 Å². The Kier molecular flexibility index (Phi) is 1.19. The van der Waals surface area contributed by atoms with E-state index in [2.05, 4.69) is 21.7 Å². The number of aromatic nitrogens is 1.